The Morgan fingerprint density at radius 3 is 2.45 bits per heavy atom. The van der Waals surface area contributed by atoms with Crippen LogP contribution in [-0.4, -0.2) is 62.6 Å². The molecular formula is C13H20BNO5. The van der Waals surface area contributed by atoms with Gasteiger partial charge < -0.3 is 24.3 Å². The number of benzene rings is 1. The van der Waals surface area contributed by atoms with E-state index in [2.05, 4.69) is 4.90 Å². The summed E-state index contributed by atoms with van der Waals surface area (Å²) in [7, 11) is 1.42. The molecule has 2 rings (SSSR count). The van der Waals surface area contributed by atoms with Crippen LogP contribution < -0.4 is 14.9 Å². The summed E-state index contributed by atoms with van der Waals surface area (Å²) < 4.78 is 15.8. The van der Waals surface area contributed by atoms with E-state index in [4.69, 9.17) is 14.2 Å². The Morgan fingerprint density at radius 1 is 1.20 bits per heavy atom. The molecule has 1 aromatic carbocycles. The quantitative estimate of drug-likeness (QED) is 0.690. The molecule has 1 heterocycles. The van der Waals surface area contributed by atoms with E-state index >= 15 is 0 Å². The zero-order valence-electron chi connectivity index (χ0n) is 11.8. The average molecular weight is 281 g/mol. The second-order valence-electron chi connectivity index (χ2n) is 4.68. The van der Waals surface area contributed by atoms with Gasteiger partial charge >= 0.3 is 7.12 Å². The van der Waals surface area contributed by atoms with E-state index in [1.54, 1.807) is 6.07 Å². The maximum atomic E-state index is 9.47. The van der Waals surface area contributed by atoms with E-state index in [1.807, 2.05) is 6.07 Å². The normalized spacial score (nSPS) is 16.0. The fraction of sp³-hybridized carbons (Fsp3) is 0.538. The first-order chi connectivity index (χ1) is 9.65. The van der Waals surface area contributed by atoms with E-state index in [1.165, 1.54) is 14.2 Å². The van der Waals surface area contributed by atoms with Gasteiger partial charge in [0, 0.05) is 25.1 Å². The molecule has 110 valence electrons. The lowest BCUT2D eigenvalue weighted by Gasteiger charge is -2.27. The summed E-state index contributed by atoms with van der Waals surface area (Å²) in [6.07, 6.45) is 0. The van der Waals surface area contributed by atoms with Crippen LogP contribution in [0.3, 0.4) is 0 Å². The lowest BCUT2D eigenvalue weighted by Crippen LogP contribution is -2.36. The largest absolute Gasteiger partial charge is 0.493 e. The van der Waals surface area contributed by atoms with Crippen LogP contribution in [0.1, 0.15) is 5.56 Å². The van der Waals surface area contributed by atoms with Crippen molar-refractivity contribution in [2.75, 3.05) is 40.5 Å². The summed E-state index contributed by atoms with van der Waals surface area (Å²) in [5.41, 5.74) is 1.27. The van der Waals surface area contributed by atoms with Crippen LogP contribution in [0, 0.1) is 0 Å². The smallest absolute Gasteiger partial charge is 0.492 e. The highest BCUT2D eigenvalue weighted by Crippen LogP contribution is 2.27. The molecular weight excluding hydrogens is 261 g/mol. The Morgan fingerprint density at radius 2 is 1.90 bits per heavy atom. The van der Waals surface area contributed by atoms with Gasteiger partial charge in [-0.15, -0.1) is 0 Å². The van der Waals surface area contributed by atoms with Crippen molar-refractivity contribution in [2.24, 2.45) is 0 Å². The number of hydrogen-bond acceptors (Lipinski definition) is 6. The maximum Gasteiger partial charge on any atom is 0.492 e. The maximum absolute atomic E-state index is 9.47. The van der Waals surface area contributed by atoms with Crippen molar-refractivity contribution in [3.8, 4) is 11.5 Å². The third-order valence-electron chi connectivity index (χ3n) is 3.36. The predicted octanol–water partition coefficient (Wildman–Crippen LogP) is -0.784. The lowest BCUT2D eigenvalue weighted by atomic mass is 9.78. The molecule has 0 amide bonds. The topological polar surface area (TPSA) is 71.4 Å². The van der Waals surface area contributed by atoms with Crippen LogP contribution in [0.15, 0.2) is 12.1 Å². The fourth-order valence-corrected chi connectivity index (χ4v) is 2.35. The molecule has 1 aromatic rings. The first-order valence-electron chi connectivity index (χ1n) is 6.56. The molecule has 0 unspecified atom stereocenters. The monoisotopic (exact) mass is 281 g/mol. The summed E-state index contributed by atoms with van der Waals surface area (Å²) >= 11 is 0. The molecule has 1 saturated heterocycles. The van der Waals surface area contributed by atoms with E-state index < -0.39 is 7.12 Å². The average Bonchev–Trinajstić information content (AvgIpc) is 2.47. The van der Waals surface area contributed by atoms with Gasteiger partial charge in [0.25, 0.3) is 0 Å². The molecule has 0 bridgehead atoms. The van der Waals surface area contributed by atoms with Crippen LogP contribution in [0.2, 0.25) is 0 Å². The number of nitrogens with zero attached hydrogens (tertiary/aromatic N) is 1. The van der Waals surface area contributed by atoms with Crippen molar-refractivity contribution in [1.82, 2.24) is 4.90 Å². The second-order valence-corrected chi connectivity index (χ2v) is 4.68. The minimum atomic E-state index is -1.59. The van der Waals surface area contributed by atoms with Gasteiger partial charge in [0.05, 0.1) is 27.4 Å². The second kappa shape index (κ2) is 6.94. The van der Waals surface area contributed by atoms with Crippen molar-refractivity contribution < 1.29 is 24.3 Å². The highest BCUT2D eigenvalue weighted by Gasteiger charge is 2.22. The Balaban J connectivity index is 2.26. The minimum Gasteiger partial charge on any atom is -0.493 e. The molecule has 1 aliphatic heterocycles. The van der Waals surface area contributed by atoms with Crippen LogP contribution in [0.25, 0.3) is 0 Å². The number of ether oxygens (including phenoxy) is 3. The van der Waals surface area contributed by atoms with Gasteiger partial charge in [0.15, 0.2) is 11.5 Å². The van der Waals surface area contributed by atoms with Crippen molar-refractivity contribution in [2.45, 2.75) is 6.54 Å². The van der Waals surface area contributed by atoms with Crippen molar-refractivity contribution in [3.05, 3.63) is 17.7 Å². The van der Waals surface area contributed by atoms with Gasteiger partial charge in [-0.3, -0.25) is 4.90 Å². The van der Waals surface area contributed by atoms with Crippen molar-refractivity contribution in [3.63, 3.8) is 0 Å². The molecule has 6 nitrogen and oxygen atoms in total. The van der Waals surface area contributed by atoms with Crippen LogP contribution in [0.5, 0.6) is 11.5 Å². The Kier molecular flexibility index (Phi) is 5.25. The number of rotatable bonds is 5. The summed E-state index contributed by atoms with van der Waals surface area (Å²) in [5.74, 6) is 0.856. The van der Waals surface area contributed by atoms with Crippen LogP contribution in [0.4, 0.5) is 0 Å². The Bertz CT molecular complexity index is 449. The molecule has 0 saturated carbocycles. The predicted molar refractivity (Wildman–Crippen MR) is 75.5 cm³/mol. The third kappa shape index (κ3) is 3.43. The van der Waals surface area contributed by atoms with Crippen LogP contribution >= 0.6 is 0 Å². The summed E-state index contributed by atoms with van der Waals surface area (Å²) in [6.45, 7) is 3.89. The molecule has 0 aromatic heterocycles. The standard InChI is InChI=1S/C13H20BNO5/c1-18-12-8-10(9-15-3-5-20-6-4-15)7-11(14(16)17)13(12)19-2/h7-8,16-17H,3-6,9H2,1-2H3. The first kappa shape index (κ1) is 15.1. The zero-order valence-corrected chi connectivity index (χ0v) is 11.8. The van der Waals surface area contributed by atoms with Gasteiger partial charge in [-0.25, -0.2) is 0 Å². The highest BCUT2D eigenvalue weighted by molar-refractivity contribution is 6.60. The Labute approximate surface area is 119 Å². The SMILES string of the molecule is COc1cc(CN2CCOCC2)cc(B(O)O)c1OC. The zero-order chi connectivity index (χ0) is 14.5. The number of methoxy groups -OCH3 is 2. The van der Waals surface area contributed by atoms with Gasteiger partial charge in [-0.2, -0.15) is 0 Å². The highest BCUT2D eigenvalue weighted by atomic mass is 16.5. The molecule has 1 fully saturated rings. The minimum absolute atomic E-state index is 0.315. The van der Waals surface area contributed by atoms with E-state index in [9.17, 15) is 10.0 Å². The fourth-order valence-electron chi connectivity index (χ4n) is 2.35. The molecule has 0 radical (unpaired) electrons. The molecule has 0 atom stereocenters. The molecule has 0 spiro atoms. The molecule has 1 aliphatic rings. The van der Waals surface area contributed by atoms with Crippen LogP contribution in [-0.2, 0) is 11.3 Å². The molecule has 0 aliphatic carbocycles. The third-order valence-corrected chi connectivity index (χ3v) is 3.36. The van der Waals surface area contributed by atoms with E-state index in [-0.39, 0.29) is 0 Å². The van der Waals surface area contributed by atoms with Crippen molar-refractivity contribution in [1.29, 1.82) is 0 Å². The van der Waals surface area contributed by atoms with E-state index in [0.29, 0.717) is 23.5 Å². The molecule has 20 heavy (non-hydrogen) atoms. The van der Waals surface area contributed by atoms with Gasteiger partial charge in [0.1, 0.15) is 0 Å². The summed E-state index contributed by atoms with van der Waals surface area (Å²) in [4.78, 5) is 2.25. The first-order valence-corrected chi connectivity index (χ1v) is 6.56. The summed E-state index contributed by atoms with van der Waals surface area (Å²) in [5, 5.41) is 18.9. The Hall–Kier alpha value is -1.28. The van der Waals surface area contributed by atoms with E-state index in [0.717, 1.165) is 31.9 Å². The number of morpholine rings is 1. The van der Waals surface area contributed by atoms with Gasteiger partial charge in [-0.1, -0.05) is 6.07 Å². The number of hydrogen-bond donors (Lipinski definition) is 2. The van der Waals surface area contributed by atoms with Crippen molar-refractivity contribution >= 4 is 12.6 Å². The molecule has 7 heteroatoms. The van der Waals surface area contributed by atoms with Gasteiger partial charge in [0.2, 0.25) is 0 Å². The molecule has 2 N–H and O–H groups in total. The summed E-state index contributed by atoms with van der Waals surface area (Å²) in [6, 6.07) is 3.60. The lowest BCUT2D eigenvalue weighted by molar-refractivity contribution is 0.0341. The van der Waals surface area contributed by atoms with Gasteiger partial charge in [-0.05, 0) is 11.6 Å².